The Balaban J connectivity index is 1.98. The smallest absolute Gasteiger partial charge is 0.194 e. The lowest BCUT2D eigenvalue weighted by atomic mass is 10.1. The number of hydroxylamine groups is 2. The molecule has 0 radical (unpaired) electrons. The molecule has 0 aromatic heterocycles. The molecule has 1 saturated heterocycles. The first kappa shape index (κ1) is 20.5. The van der Waals surface area contributed by atoms with Crippen molar-refractivity contribution in [1.82, 2.24) is 5.06 Å². The number of benzene rings is 2. The van der Waals surface area contributed by atoms with Gasteiger partial charge in [-0.2, -0.15) is 10.3 Å². The van der Waals surface area contributed by atoms with Crippen molar-refractivity contribution in [2.24, 2.45) is 0 Å². The van der Waals surface area contributed by atoms with Crippen LogP contribution in [0.15, 0.2) is 30.3 Å². The van der Waals surface area contributed by atoms with Gasteiger partial charge in [0.1, 0.15) is 6.07 Å². The summed E-state index contributed by atoms with van der Waals surface area (Å²) in [5, 5.41) is 11.2. The molecule has 148 valence electrons. The maximum Gasteiger partial charge on any atom is 0.194 e. The van der Waals surface area contributed by atoms with Crippen molar-refractivity contribution in [3.8, 4) is 6.07 Å². The Bertz CT molecular complexity index is 903. The quantitative estimate of drug-likeness (QED) is 0.673. The van der Waals surface area contributed by atoms with E-state index in [9.17, 15) is 13.2 Å². The van der Waals surface area contributed by atoms with Crippen LogP contribution >= 0.6 is 11.6 Å². The second kappa shape index (κ2) is 8.82. The summed E-state index contributed by atoms with van der Waals surface area (Å²) in [5.74, 6) is -3.92. The summed E-state index contributed by atoms with van der Waals surface area (Å²) in [4.78, 5) is 7.45. The van der Waals surface area contributed by atoms with Crippen LogP contribution in [0.25, 0.3) is 0 Å². The molecule has 1 aliphatic rings. The molecule has 1 fully saturated rings. The number of rotatable bonds is 5. The molecule has 3 rings (SSSR count). The van der Waals surface area contributed by atoms with Gasteiger partial charge in [0.2, 0.25) is 0 Å². The van der Waals surface area contributed by atoms with E-state index in [4.69, 9.17) is 21.7 Å². The summed E-state index contributed by atoms with van der Waals surface area (Å²) < 4.78 is 41.3. The van der Waals surface area contributed by atoms with Crippen LogP contribution in [0.1, 0.15) is 24.5 Å². The molecule has 4 nitrogen and oxygen atoms in total. The van der Waals surface area contributed by atoms with E-state index in [-0.39, 0.29) is 23.2 Å². The normalized spacial score (nSPS) is 17.4. The maximum absolute atomic E-state index is 14.3. The number of halogens is 4. The van der Waals surface area contributed by atoms with E-state index in [2.05, 4.69) is 0 Å². The Morgan fingerprint density at radius 2 is 2.04 bits per heavy atom. The van der Waals surface area contributed by atoms with E-state index in [1.807, 2.05) is 17.9 Å². The van der Waals surface area contributed by atoms with Gasteiger partial charge >= 0.3 is 0 Å². The topological polar surface area (TPSA) is 39.5 Å². The van der Waals surface area contributed by atoms with Crippen LogP contribution in [0.3, 0.4) is 0 Å². The molecule has 8 heteroatoms. The number of hydrogen-bond donors (Lipinski definition) is 0. The molecule has 1 atom stereocenters. The predicted octanol–water partition coefficient (Wildman–Crippen LogP) is 4.66. The van der Waals surface area contributed by atoms with Crippen LogP contribution in [-0.4, -0.2) is 30.8 Å². The lowest BCUT2D eigenvalue weighted by molar-refractivity contribution is -0.182. The summed E-state index contributed by atoms with van der Waals surface area (Å²) >= 11 is 6.18. The largest absolute Gasteiger partial charge is 0.363 e. The average Bonchev–Trinajstić information content (AvgIpc) is 2.71. The third-order valence-electron chi connectivity index (χ3n) is 4.79. The lowest BCUT2D eigenvalue weighted by Crippen LogP contribution is -2.48. The fourth-order valence-electron chi connectivity index (χ4n) is 3.25. The summed E-state index contributed by atoms with van der Waals surface area (Å²) in [6.45, 7) is 3.70. The third kappa shape index (κ3) is 4.25. The fourth-order valence-corrected chi connectivity index (χ4v) is 3.46. The Kier molecular flexibility index (Phi) is 6.45. The van der Waals surface area contributed by atoms with Crippen LogP contribution in [0, 0.1) is 28.8 Å². The molecule has 1 aliphatic heterocycles. The molecule has 28 heavy (non-hydrogen) atoms. The minimum Gasteiger partial charge on any atom is -0.363 e. The standard InChI is InChI=1S/C20H19ClF3N3O/c1-2-26-12-16(7-8-28-26)27(15-5-3-13(10-25)17(21)9-15)11-14-4-6-18(22)20(24)19(14)23/h3-6,9,16H,2,7-8,11-12H2,1H3/t16-/m0/s1. The first-order valence-electron chi connectivity index (χ1n) is 8.91. The number of nitriles is 1. The van der Waals surface area contributed by atoms with Crippen molar-refractivity contribution >= 4 is 17.3 Å². The molecule has 0 saturated carbocycles. The molecule has 0 bridgehead atoms. The summed E-state index contributed by atoms with van der Waals surface area (Å²) in [7, 11) is 0. The second-order valence-electron chi connectivity index (χ2n) is 6.49. The molecule has 0 aliphatic carbocycles. The first-order valence-corrected chi connectivity index (χ1v) is 9.29. The van der Waals surface area contributed by atoms with E-state index in [1.165, 1.54) is 6.07 Å². The molecule has 2 aromatic rings. The van der Waals surface area contributed by atoms with Crippen molar-refractivity contribution in [3.63, 3.8) is 0 Å². The zero-order chi connectivity index (χ0) is 20.3. The van der Waals surface area contributed by atoms with Crippen molar-refractivity contribution < 1.29 is 18.0 Å². The van der Waals surface area contributed by atoms with Crippen LogP contribution in [0.2, 0.25) is 5.02 Å². The van der Waals surface area contributed by atoms with Crippen molar-refractivity contribution in [2.75, 3.05) is 24.6 Å². The van der Waals surface area contributed by atoms with Gasteiger partial charge in [-0.15, -0.1) is 0 Å². The van der Waals surface area contributed by atoms with Gasteiger partial charge in [0.05, 0.1) is 17.2 Å². The molecular formula is C20H19ClF3N3O. The molecule has 0 spiro atoms. The highest BCUT2D eigenvalue weighted by Crippen LogP contribution is 2.29. The highest BCUT2D eigenvalue weighted by atomic mass is 35.5. The summed E-state index contributed by atoms with van der Waals surface area (Å²) in [6, 6.07) is 9.02. The van der Waals surface area contributed by atoms with Gasteiger partial charge in [0, 0.05) is 36.9 Å². The molecule has 0 N–H and O–H groups in total. The fraction of sp³-hybridized carbons (Fsp3) is 0.350. The minimum atomic E-state index is -1.49. The van der Waals surface area contributed by atoms with Gasteiger partial charge in [-0.1, -0.05) is 24.6 Å². The summed E-state index contributed by atoms with van der Waals surface area (Å²) in [6.07, 6.45) is 0.666. The van der Waals surface area contributed by atoms with Crippen LogP contribution in [-0.2, 0) is 11.4 Å². The Hall–Kier alpha value is -2.27. The number of hydrogen-bond acceptors (Lipinski definition) is 4. The van der Waals surface area contributed by atoms with Gasteiger partial charge in [0.15, 0.2) is 17.5 Å². The highest BCUT2D eigenvalue weighted by molar-refractivity contribution is 6.32. The van der Waals surface area contributed by atoms with Gasteiger partial charge in [-0.05, 0) is 30.7 Å². The van der Waals surface area contributed by atoms with E-state index in [0.29, 0.717) is 37.4 Å². The van der Waals surface area contributed by atoms with Crippen LogP contribution in [0.5, 0.6) is 0 Å². The van der Waals surface area contributed by atoms with Crippen LogP contribution < -0.4 is 4.90 Å². The third-order valence-corrected chi connectivity index (χ3v) is 5.11. The zero-order valence-corrected chi connectivity index (χ0v) is 16.0. The summed E-state index contributed by atoms with van der Waals surface area (Å²) in [5.41, 5.74) is 1.02. The molecule has 0 unspecified atom stereocenters. The van der Waals surface area contributed by atoms with E-state index in [1.54, 1.807) is 23.3 Å². The van der Waals surface area contributed by atoms with Crippen molar-refractivity contribution in [2.45, 2.75) is 25.9 Å². The average molecular weight is 410 g/mol. The van der Waals surface area contributed by atoms with Gasteiger partial charge in [-0.3, -0.25) is 4.84 Å². The zero-order valence-electron chi connectivity index (χ0n) is 15.3. The van der Waals surface area contributed by atoms with E-state index < -0.39 is 17.5 Å². The molecule has 1 heterocycles. The Labute approximate surface area is 166 Å². The lowest BCUT2D eigenvalue weighted by Gasteiger charge is -2.40. The van der Waals surface area contributed by atoms with Gasteiger partial charge < -0.3 is 4.90 Å². The van der Waals surface area contributed by atoms with E-state index in [0.717, 1.165) is 6.07 Å². The van der Waals surface area contributed by atoms with Crippen molar-refractivity contribution in [3.05, 3.63) is 63.9 Å². The first-order chi connectivity index (χ1) is 13.4. The Morgan fingerprint density at radius 1 is 1.25 bits per heavy atom. The van der Waals surface area contributed by atoms with Gasteiger partial charge in [0.25, 0.3) is 0 Å². The van der Waals surface area contributed by atoms with E-state index >= 15 is 0 Å². The van der Waals surface area contributed by atoms with Crippen molar-refractivity contribution in [1.29, 1.82) is 5.26 Å². The molecule has 2 aromatic carbocycles. The van der Waals surface area contributed by atoms with Gasteiger partial charge in [-0.25, -0.2) is 13.2 Å². The number of likely N-dealkylation sites (N-methyl/N-ethyl adjacent to an activating group) is 1. The monoisotopic (exact) mass is 409 g/mol. The molecule has 0 amide bonds. The number of anilines is 1. The number of nitrogens with zero attached hydrogens (tertiary/aromatic N) is 3. The Morgan fingerprint density at radius 3 is 2.71 bits per heavy atom. The minimum absolute atomic E-state index is 0.0213. The second-order valence-corrected chi connectivity index (χ2v) is 6.90. The highest BCUT2D eigenvalue weighted by Gasteiger charge is 2.28. The predicted molar refractivity (Wildman–Crippen MR) is 100 cm³/mol. The van der Waals surface area contributed by atoms with Crippen LogP contribution in [0.4, 0.5) is 18.9 Å². The molecular weight excluding hydrogens is 391 g/mol. The maximum atomic E-state index is 14.3. The SMILES string of the molecule is CCN1C[C@@H](N(Cc2ccc(F)c(F)c2F)c2ccc(C#N)c(Cl)c2)CCO1.